The molecule has 8 heteroatoms. The van der Waals surface area contributed by atoms with Crippen molar-refractivity contribution in [2.45, 2.75) is 32.1 Å². The molecule has 4 rings (SSSR count). The number of carbonyl (C=O) groups is 2. The largest absolute Gasteiger partial charge is 0.492 e. The van der Waals surface area contributed by atoms with Crippen LogP contribution in [-0.4, -0.2) is 24.1 Å². The van der Waals surface area contributed by atoms with Gasteiger partial charge in [-0.3, -0.25) is 9.59 Å². The number of rotatable bonds is 7. The van der Waals surface area contributed by atoms with E-state index in [9.17, 15) is 19.2 Å². The van der Waals surface area contributed by atoms with E-state index in [0.717, 1.165) is 12.1 Å². The third-order valence-electron chi connectivity index (χ3n) is 5.67. The Morgan fingerprint density at radius 2 is 2.00 bits per heavy atom. The molecule has 0 saturated carbocycles. The van der Waals surface area contributed by atoms with E-state index in [4.69, 9.17) is 4.74 Å². The van der Waals surface area contributed by atoms with Crippen LogP contribution in [0.25, 0.3) is 0 Å². The highest BCUT2D eigenvalue weighted by molar-refractivity contribution is 8.03. The van der Waals surface area contributed by atoms with Gasteiger partial charge in [0.25, 0.3) is 0 Å². The Labute approximate surface area is 201 Å². The van der Waals surface area contributed by atoms with Gasteiger partial charge in [0, 0.05) is 17.7 Å². The number of halogens is 1. The molecule has 1 unspecified atom stereocenters. The Bertz CT molecular complexity index is 1210. The molecular weight excluding hydrogens is 453 g/mol. The molecule has 2 aliphatic rings. The van der Waals surface area contributed by atoms with Crippen molar-refractivity contribution < 1.29 is 18.7 Å². The molecule has 0 saturated heterocycles. The zero-order valence-electron chi connectivity index (χ0n) is 18.7. The quantitative estimate of drug-likeness (QED) is 0.582. The van der Waals surface area contributed by atoms with Gasteiger partial charge in [0.2, 0.25) is 5.91 Å². The maximum absolute atomic E-state index is 13.6. The standard InChI is InChI=1S/C26H24FN3O3S/c1-2-33-22-9-4-3-6-19(22)29-23(32)15-34-26-18(14-28)24(16-10-12-17(27)13-11-16)25-20(30-26)7-5-8-21(25)31/h3-4,6,9-13,24,30H,2,5,7-8,15H2,1H3,(H,29,32). The lowest BCUT2D eigenvalue weighted by molar-refractivity contribution is -0.116. The predicted octanol–water partition coefficient (Wildman–Crippen LogP) is 5.03. The number of nitrogens with zero attached hydrogens (tertiary/aromatic N) is 1. The molecule has 2 aromatic rings. The number of hydrogen-bond donors (Lipinski definition) is 2. The summed E-state index contributed by atoms with van der Waals surface area (Å²) in [6.07, 6.45) is 1.81. The van der Waals surface area contributed by atoms with E-state index >= 15 is 0 Å². The molecule has 1 aliphatic heterocycles. The number of allylic oxidation sites excluding steroid dienone is 3. The minimum atomic E-state index is -0.584. The maximum atomic E-state index is 13.6. The Kier molecular flexibility index (Phi) is 7.33. The highest BCUT2D eigenvalue weighted by Crippen LogP contribution is 2.44. The molecule has 2 aromatic carbocycles. The topological polar surface area (TPSA) is 91.2 Å². The third kappa shape index (κ3) is 5.00. The lowest BCUT2D eigenvalue weighted by atomic mass is 9.77. The fourth-order valence-corrected chi connectivity index (χ4v) is 5.06. The van der Waals surface area contributed by atoms with Crippen molar-refractivity contribution in [2.75, 3.05) is 17.7 Å². The van der Waals surface area contributed by atoms with Gasteiger partial charge in [-0.25, -0.2) is 4.39 Å². The number of amides is 1. The molecule has 1 heterocycles. The smallest absolute Gasteiger partial charge is 0.234 e. The number of nitrogens with one attached hydrogen (secondary N) is 2. The molecule has 0 fully saturated rings. The highest BCUT2D eigenvalue weighted by atomic mass is 32.2. The first-order valence-corrected chi connectivity index (χ1v) is 12.1. The number of hydrogen-bond acceptors (Lipinski definition) is 6. The number of carbonyl (C=O) groups excluding carboxylic acids is 2. The fraction of sp³-hybridized carbons (Fsp3) is 0.269. The zero-order chi connectivity index (χ0) is 24.1. The van der Waals surface area contributed by atoms with Gasteiger partial charge in [-0.2, -0.15) is 5.26 Å². The van der Waals surface area contributed by atoms with Crippen LogP contribution in [0.1, 0.15) is 37.7 Å². The number of ether oxygens (including phenoxy) is 1. The second kappa shape index (κ2) is 10.6. The van der Waals surface area contributed by atoms with E-state index < -0.39 is 5.92 Å². The monoisotopic (exact) mass is 477 g/mol. The molecule has 1 aliphatic carbocycles. The molecule has 0 bridgehead atoms. The second-order valence-corrected chi connectivity index (χ2v) is 8.88. The van der Waals surface area contributed by atoms with E-state index in [1.807, 2.05) is 19.1 Å². The van der Waals surface area contributed by atoms with E-state index in [1.54, 1.807) is 24.3 Å². The minimum Gasteiger partial charge on any atom is -0.492 e. The SMILES string of the molecule is CCOc1ccccc1NC(=O)CSC1=C(C#N)C(c2ccc(F)cc2)C2=C(CCCC2=O)N1. The number of nitriles is 1. The molecule has 0 aromatic heterocycles. The lowest BCUT2D eigenvalue weighted by Crippen LogP contribution is -2.31. The van der Waals surface area contributed by atoms with Crippen molar-refractivity contribution >= 4 is 29.1 Å². The number of benzene rings is 2. The molecular formula is C26H24FN3O3S. The van der Waals surface area contributed by atoms with E-state index in [0.29, 0.717) is 52.6 Å². The van der Waals surface area contributed by atoms with Gasteiger partial charge < -0.3 is 15.4 Å². The van der Waals surface area contributed by atoms with Crippen molar-refractivity contribution in [1.82, 2.24) is 5.32 Å². The molecule has 2 N–H and O–H groups in total. The molecule has 1 atom stereocenters. The summed E-state index contributed by atoms with van der Waals surface area (Å²) in [4.78, 5) is 25.5. The van der Waals surface area contributed by atoms with Gasteiger partial charge in [-0.05, 0) is 49.6 Å². The fourth-order valence-electron chi connectivity index (χ4n) is 4.20. The number of thioether (sulfide) groups is 1. The third-order valence-corrected chi connectivity index (χ3v) is 6.69. The maximum Gasteiger partial charge on any atom is 0.234 e. The summed E-state index contributed by atoms with van der Waals surface area (Å²) in [5.74, 6) is -0.586. The van der Waals surface area contributed by atoms with Crippen LogP contribution in [0.15, 0.2) is 70.4 Å². The van der Waals surface area contributed by atoms with Crippen LogP contribution in [0.5, 0.6) is 5.75 Å². The average Bonchev–Trinajstić information content (AvgIpc) is 2.84. The van der Waals surface area contributed by atoms with E-state index in [-0.39, 0.29) is 23.3 Å². The normalized spacial score (nSPS) is 17.6. The molecule has 174 valence electrons. The molecule has 34 heavy (non-hydrogen) atoms. The van der Waals surface area contributed by atoms with Crippen molar-refractivity contribution in [3.05, 3.63) is 81.8 Å². The minimum absolute atomic E-state index is 0.00912. The summed E-state index contributed by atoms with van der Waals surface area (Å²) in [5.41, 5.74) is 2.94. The van der Waals surface area contributed by atoms with Gasteiger partial charge in [-0.15, -0.1) is 0 Å². The van der Waals surface area contributed by atoms with Gasteiger partial charge in [-0.1, -0.05) is 36.0 Å². The predicted molar refractivity (Wildman–Crippen MR) is 129 cm³/mol. The van der Waals surface area contributed by atoms with Gasteiger partial charge >= 0.3 is 0 Å². The highest BCUT2D eigenvalue weighted by Gasteiger charge is 2.37. The first kappa shape index (κ1) is 23.6. The number of dihydropyridines is 1. The number of anilines is 1. The van der Waals surface area contributed by atoms with Crippen LogP contribution < -0.4 is 15.4 Å². The van der Waals surface area contributed by atoms with Crippen molar-refractivity contribution in [3.63, 3.8) is 0 Å². The van der Waals surface area contributed by atoms with Gasteiger partial charge in [0.15, 0.2) is 5.78 Å². The molecule has 6 nitrogen and oxygen atoms in total. The zero-order valence-corrected chi connectivity index (χ0v) is 19.5. The molecule has 0 spiro atoms. The van der Waals surface area contributed by atoms with Crippen LogP contribution >= 0.6 is 11.8 Å². The van der Waals surface area contributed by atoms with Gasteiger partial charge in [0.1, 0.15) is 11.6 Å². The summed E-state index contributed by atoms with van der Waals surface area (Å²) >= 11 is 1.21. The van der Waals surface area contributed by atoms with Crippen LogP contribution in [-0.2, 0) is 9.59 Å². The van der Waals surface area contributed by atoms with Gasteiger partial charge in [0.05, 0.1) is 40.6 Å². The summed E-state index contributed by atoms with van der Waals surface area (Å²) in [6.45, 7) is 2.35. The second-order valence-electron chi connectivity index (χ2n) is 7.90. The Hall–Kier alpha value is -3.57. The first-order chi connectivity index (χ1) is 16.5. The van der Waals surface area contributed by atoms with Crippen LogP contribution in [0.3, 0.4) is 0 Å². The van der Waals surface area contributed by atoms with Crippen LogP contribution in [0.2, 0.25) is 0 Å². The van der Waals surface area contributed by atoms with Crippen LogP contribution in [0.4, 0.5) is 10.1 Å². The lowest BCUT2D eigenvalue weighted by Gasteiger charge is -2.33. The Balaban J connectivity index is 1.59. The first-order valence-electron chi connectivity index (χ1n) is 11.1. The Morgan fingerprint density at radius 1 is 1.24 bits per heavy atom. The summed E-state index contributed by atoms with van der Waals surface area (Å²) < 4.78 is 19.1. The number of Topliss-reactive ketones (excluding diaryl/α,β-unsaturated/α-hetero) is 1. The summed E-state index contributed by atoms with van der Waals surface area (Å²) in [6, 6.07) is 15.3. The number of ketones is 1. The van der Waals surface area contributed by atoms with E-state index in [1.165, 1.54) is 23.9 Å². The molecule has 0 radical (unpaired) electrons. The summed E-state index contributed by atoms with van der Waals surface area (Å²) in [7, 11) is 0. The van der Waals surface area contributed by atoms with Crippen LogP contribution in [0, 0.1) is 17.1 Å². The average molecular weight is 478 g/mol. The van der Waals surface area contributed by atoms with E-state index in [2.05, 4.69) is 16.7 Å². The molecule has 1 amide bonds. The Morgan fingerprint density at radius 3 is 2.74 bits per heavy atom. The van der Waals surface area contributed by atoms with Crippen molar-refractivity contribution in [2.24, 2.45) is 0 Å². The number of para-hydroxylation sites is 2. The van der Waals surface area contributed by atoms with Crippen molar-refractivity contribution in [1.29, 1.82) is 5.26 Å². The van der Waals surface area contributed by atoms with Crippen molar-refractivity contribution in [3.8, 4) is 11.8 Å². The summed E-state index contributed by atoms with van der Waals surface area (Å²) in [5, 5.41) is 16.7.